The third kappa shape index (κ3) is 2.71. The molecule has 3 aromatic rings. The van der Waals surface area contributed by atoms with E-state index in [1.165, 1.54) is 0 Å². The van der Waals surface area contributed by atoms with Crippen molar-refractivity contribution in [2.75, 3.05) is 27.1 Å². The summed E-state index contributed by atoms with van der Waals surface area (Å²) in [4.78, 5) is 8.74. The van der Waals surface area contributed by atoms with Crippen LogP contribution in [0.25, 0.3) is 22.2 Å². The molecule has 2 N–H and O–H groups in total. The van der Waals surface area contributed by atoms with E-state index in [0.29, 0.717) is 33.8 Å². The van der Waals surface area contributed by atoms with Crippen LogP contribution in [0.4, 0.5) is 5.95 Å². The molecular weight excluding hydrogens is 374 g/mol. The maximum Gasteiger partial charge on any atom is 0.221 e. The number of nitrogen functional groups attached to an aromatic ring is 1. The standard InChI is InChI=1S/C17H16BrN3O3/c1-22-12-8-11-13(16(24-3)15(12)23-2)14(21-17(19)20-11)9-5-4-6-10(18)7-9/h4-8H,1-3H3,(H2,19,20,21). The van der Waals surface area contributed by atoms with E-state index >= 15 is 0 Å². The first-order chi connectivity index (χ1) is 11.6. The number of benzene rings is 2. The van der Waals surface area contributed by atoms with Gasteiger partial charge in [0.1, 0.15) is 0 Å². The van der Waals surface area contributed by atoms with Crippen LogP contribution in [0, 0.1) is 0 Å². The summed E-state index contributed by atoms with van der Waals surface area (Å²) in [6, 6.07) is 9.53. The monoisotopic (exact) mass is 389 g/mol. The minimum Gasteiger partial charge on any atom is -0.493 e. The van der Waals surface area contributed by atoms with E-state index in [1.54, 1.807) is 27.4 Å². The molecule has 0 fully saturated rings. The largest absolute Gasteiger partial charge is 0.493 e. The Bertz CT molecular complexity index is 915. The van der Waals surface area contributed by atoms with E-state index in [2.05, 4.69) is 25.9 Å². The number of hydrogen-bond acceptors (Lipinski definition) is 6. The molecular formula is C17H16BrN3O3. The normalized spacial score (nSPS) is 10.7. The number of methoxy groups -OCH3 is 3. The summed E-state index contributed by atoms with van der Waals surface area (Å²) in [7, 11) is 4.68. The van der Waals surface area contributed by atoms with Crippen LogP contribution >= 0.6 is 15.9 Å². The number of hydrogen-bond donors (Lipinski definition) is 1. The Morgan fingerprint density at radius 2 is 1.71 bits per heavy atom. The zero-order valence-corrected chi connectivity index (χ0v) is 15.0. The molecule has 0 bridgehead atoms. The Balaban J connectivity index is 2.45. The fraction of sp³-hybridized carbons (Fsp3) is 0.176. The number of anilines is 1. The average Bonchev–Trinajstić information content (AvgIpc) is 2.59. The van der Waals surface area contributed by atoms with Gasteiger partial charge < -0.3 is 19.9 Å². The molecule has 0 aliphatic heterocycles. The number of nitrogens with two attached hydrogens (primary N) is 1. The summed E-state index contributed by atoms with van der Waals surface area (Å²) in [6.07, 6.45) is 0. The summed E-state index contributed by atoms with van der Waals surface area (Å²) >= 11 is 3.48. The Kier molecular flexibility index (Phi) is 4.44. The van der Waals surface area contributed by atoms with Gasteiger partial charge >= 0.3 is 0 Å². The first kappa shape index (κ1) is 16.3. The van der Waals surface area contributed by atoms with Crippen LogP contribution in [-0.2, 0) is 0 Å². The van der Waals surface area contributed by atoms with Gasteiger partial charge in [0.05, 0.1) is 37.9 Å². The van der Waals surface area contributed by atoms with E-state index in [0.717, 1.165) is 10.0 Å². The Labute approximate surface area is 147 Å². The molecule has 0 aliphatic rings. The molecule has 0 atom stereocenters. The Morgan fingerprint density at radius 1 is 0.958 bits per heavy atom. The summed E-state index contributed by atoms with van der Waals surface area (Å²) < 4.78 is 17.4. The van der Waals surface area contributed by atoms with Gasteiger partial charge in [-0.05, 0) is 12.1 Å². The topological polar surface area (TPSA) is 79.5 Å². The summed E-state index contributed by atoms with van der Waals surface area (Å²) in [5, 5.41) is 0.711. The van der Waals surface area contributed by atoms with Crippen molar-refractivity contribution in [1.82, 2.24) is 9.97 Å². The van der Waals surface area contributed by atoms with Crippen molar-refractivity contribution in [3.8, 4) is 28.5 Å². The van der Waals surface area contributed by atoms with E-state index in [4.69, 9.17) is 19.9 Å². The van der Waals surface area contributed by atoms with Crippen molar-refractivity contribution < 1.29 is 14.2 Å². The van der Waals surface area contributed by atoms with Crippen LogP contribution in [0.5, 0.6) is 17.2 Å². The van der Waals surface area contributed by atoms with Crippen molar-refractivity contribution in [1.29, 1.82) is 0 Å². The zero-order valence-electron chi connectivity index (χ0n) is 13.5. The molecule has 0 radical (unpaired) electrons. The lowest BCUT2D eigenvalue weighted by Crippen LogP contribution is -2.02. The second-order valence-corrected chi connectivity index (χ2v) is 5.90. The molecule has 7 heteroatoms. The maximum atomic E-state index is 5.91. The smallest absolute Gasteiger partial charge is 0.221 e. The number of ether oxygens (including phenoxy) is 3. The van der Waals surface area contributed by atoms with E-state index in [1.807, 2.05) is 24.3 Å². The van der Waals surface area contributed by atoms with Gasteiger partial charge in [-0.15, -0.1) is 0 Å². The second-order valence-electron chi connectivity index (χ2n) is 4.98. The van der Waals surface area contributed by atoms with Gasteiger partial charge in [-0.1, -0.05) is 28.1 Å². The highest BCUT2D eigenvalue weighted by molar-refractivity contribution is 9.10. The molecule has 0 unspecified atom stereocenters. The second kappa shape index (κ2) is 6.52. The third-order valence-corrected chi connectivity index (χ3v) is 4.10. The molecule has 0 spiro atoms. The zero-order chi connectivity index (χ0) is 17.3. The first-order valence-electron chi connectivity index (χ1n) is 7.11. The quantitative estimate of drug-likeness (QED) is 0.733. The highest BCUT2D eigenvalue weighted by Crippen LogP contribution is 2.46. The van der Waals surface area contributed by atoms with Gasteiger partial charge in [-0.2, -0.15) is 0 Å². The molecule has 0 saturated carbocycles. The van der Waals surface area contributed by atoms with Crippen molar-refractivity contribution in [3.63, 3.8) is 0 Å². The summed E-state index contributed by atoms with van der Waals surface area (Å²) in [6.45, 7) is 0. The average molecular weight is 390 g/mol. The van der Waals surface area contributed by atoms with Crippen molar-refractivity contribution in [3.05, 3.63) is 34.8 Å². The maximum absolute atomic E-state index is 5.91. The Morgan fingerprint density at radius 3 is 2.33 bits per heavy atom. The van der Waals surface area contributed by atoms with Gasteiger partial charge in [0, 0.05) is 16.1 Å². The van der Waals surface area contributed by atoms with Crippen LogP contribution in [0.15, 0.2) is 34.8 Å². The SMILES string of the molecule is COc1cc2nc(N)nc(-c3cccc(Br)c3)c2c(OC)c1OC. The molecule has 0 saturated heterocycles. The molecule has 24 heavy (non-hydrogen) atoms. The molecule has 124 valence electrons. The van der Waals surface area contributed by atoms with Crippen molar-refractivity contribution in [2.45, 2.75) is 0 Å². The first-order valence-corrected chi connectivity index (χ1v) is 7.90. The number of fused-ring (bicyclic) bond motifs is 1. The van der Waals surface area contributed by atoms with Crippen LogP contribution < -0.4 is 19.9 Å². The number of nitrogens with zero attached hydrogens (tertiary/aromatic N) is 2. The fourth-order valence-corrected chi connectivity index (χ4v) is 3.02. The van der Waals surface area contributed by atoms with E-state index < -0.39 is 0 Å². The van der Waals surface area contributed by atoms with Crippen molar-refractivity contribution >= 4 is 32.8 Å². The van der Waals surface area contributed by atoms with Gasteiger partial charge in [-0.3, -0.25) is 0 Å². The van der Waals surface area contributed by atoms with Gasteiger partial charge in [0.15, 0.2) is 11.5 Å². The number of rotatable bonds is 4. The highest BCUT2D eigenvalue weighted by atomic mass is 79.9. The highest BCUT2D eigenvalue weighted by Gasteiger charge is 2.21. The minimum atomic E-state index is 0.173. The molecule has 1 aromatic heterocycles. The summed E-state index contributed by atoms with van der Waals surface area (Å²) in [5.74, 6) is 1.67. The van der Waals surface area contributed by atoms with E-state index in [-0.39, 0.29) is 5.95 Å². The van der Waals surface area contributed by atoms with Gasteiger partial charge in [0.25, 0.3) is 0 Å². The fourth-order valence-electron chi connectivity index (χ4n) is 2.62. The molecule has 0 aliphatic carbocycles. The van der Waals surface area contributed by atoms with Crippen LogP contribution in [0.1, 0.15) is 0 Å². The molecule has 2 aromatic carbocycles. The van der Waals surface area contributed by atoms with Crippen LogP contribution in [0.2, 0.25) is 0 Å². The van der Waals surface area contributed by atoms with E-state index in [9.17, 15) is 0 Å². The molecule has 3 rings (SSSR count). The van der Waals surface area contributed by atoms with Crippen LogP contribution in [-0.4, -0.2) is 31.3 Å². The Hall–Kier alpha value is -2.54. The predicted octanol–water partition coefficient (Wildman–Crippen LogP) is 3.67. The number of halogens is 1. The summed E-state index contributed by atoms with van der Waals surface area (Å²) in [5.41, 5.74) is 8.07. The minimum absolute atomic E-state index is 0.173. The molecule has 1 heterocycles. The number of aromatic nitrogens is 2. The van der Waals surface area contributed by atoms with Gasteiger partial charge in [0.2, 0.25) is 11.7 Å². The van der Waals surface area contributed by atoms with Crippen molar-refractivity contribution in [2.24, 2.45) is 0 Å². The lowest BCUT2D eigenvalue weighted by atomic mass is 10.0. The van der Waals surface area contributed by atoms with Crippen LogP contribution in [0.3, 0.4) is 0 Å². The van der Waals surface area contributed by atoms with Gasteiger partial charge in [-0.25, -0.2) is 9.97 Å². The lowest BCUT2D eigenvalue weighted by molar-refractivity contribution is 0.327. The third-order valence-electron chi connectivity index (χ3n) is 3.61. The lowest BCUT2D eigenvalue weighted by Gasteiger charge is -2.16. The molecule has 0 amide bonds. The molecule has 6 nitrogen and oxygen atoms in total. The predicted molar refractivity (Wildman–Crippen MR) is 96.7 cm³/mol.